The lowest BCUT2D eigenvalue weighted by molar-refractivity contribution is -0.141. The van der Waals surface area contributed by atoms with Gasteiger partial charge in [-0.2, -0.15) is 0 Å². The molecule has 0 bridgehead atoms. The molecule has 1 atom stereocenters. The van der Waals surface area contributed by atoms with Crippen LogP contribution < -0.4 is 0 Å². The van der Waals surface area contributed by atoms with E-state index in [1.165, 1.54) is 32.6 Å². The highest BCUT2D eigenvalue weighted by atomic mass is 16.5. The average molecular weight is 266 g/mol. The maximum absolute atomic E-state index is 10.5. The SMILES string of the molecule is CC/C=C/C=C/C(C)CCCCCCCOC(C)=O. The summed E-state index contributed by atoms with van der Waals surface area (Å²) in [4.78, 5) is 10.5. The maximum atomic E-state index is 10.5. The van der Waals surface area contributed by atoms with Crippen molar-refractivity contribution in [2.75, 3.05) is 6.61 Å². The molecule has 0 fully saturated rings. The fourth-order valence-electron chi connectivity index (χ4n) is 1.88. The molecule has 0 radical (unpaired) electrons. The second-order valence-electron chi connectivity index (χ2n) is 5.10. The summed E-state index contributed by atoms with van der Waals surface area (Å²) >= 11 is 0. The van der Waals surface area contributed by atoms with E-state index >= 15 is 0 Å². The summed E-state index contributed by atoms with van der Waals surface area (Å²) in [6.45, 7) is 6.47. The summed E-state index contributed by atoms with van der Waals surface area (Å²) in [5.74, 6) is 0.500. The lowest BCUT2D eigenvalue weighted by Crippen LogP contribution is -2.00. The molecule has 110 valence electrons. The van der Waals surface area contributed by atoms with Crippen molar-refractivity contribution in [3.63, 3.8) is 0 Å². The van der Waals surface area contributed by atoms with Crippen molar-refractivity contribution < 1.29 is 9.53 Å². The number of hydrogen-bond donors (Lipinski definition) is 0. The van der Waals surface area contributed by atoms with Crippen LogP contribution in [-0.2, 0) is 9.53 Å². The van der Waals surface area contributed by atoms with E-state index < -0.39 is 0 Å². The minimum Gasteiger partial charge on any atom is -0.466 e. The Bertz CT molecular complexity index is 266. The van der Waals surface area contributed by atoms with Gasteiger partial charge in [0, 0.05) is 6.92 Å². The van der Waals surface area contributed by atoms with Crippen LogP contribution >= 0.6 is 0 Å². The van der Waals surface area contributed by atoms with Gasteiger partial charge in [-0.25, -0.2) is 0 Å². The third-order valence-corrected chi connectivity index (χ3v) is 3.03. The van der Waals surface area contributed by atoms with Crippen molar-refractivity contribution in [2.24, 2.45) is 5.92 Å². The van der Waals surface area contributed by atoms with Gasteiger partial charge in [0.05, 0.1) is 6.61 Å². The molecule has 0 aromatic carbocycles. The Balaban J connectivity index is 3.31. The lowest BCUT2D eigenvalue weighted by Gasteiger charge is -2.06. The van der Waals surface area contributed by atoms with Gasteiger partial charge >= 0.3 is 5.97 Å². The molecule has 0 N–H and O–H groups in total. The third kappa shape index (κ3) is 14.9. The quantitative estimate of drug-likeness (QED) is 0.297. The predicted octanol–water partition coefficient (Wildman–Crippen LogP) is 5.05. The van der Waals surface area contributed by atoms with Gasteiger partial charge in [0.1, 0.15) is 0 Å². The molecule has 0 heterocycles. The minimum atomic E-state index is -0.169. The fourth-order valence-corrected chi connectivity index (χ4v) is 1.88. The summed E-state index contributed by atoms with van der Waals surface area (Å²) in [7, 11) is 0. The van der Waals surface area contributed by atoms with E-state index in [0.717, 1.165) is 19.3 Å². The monoisotopic (exact) mass is 266 g/mol. The molecule has 0 saturated carbocycles. The Hall–Kier alpha value is -1.05. The van der Waals surface area contributed by atoms with Crippen molar-refractivity contribution in [2.45, 2.75) is 65.7 Å². The molecule has 1 unspecified atom stereocenters. The lowest BCUT2D eigenvalue weighted by atomic mass is 10.0. The third-order valence-electron chi connectivity index (χ3n) is 3.03. The first-order valence-corrected chi connectivity index (χ1v) is 7.63. The van der Waals surface area contributed by atoms with Crippen LogP contribution in [0.4, 0.5) is 0 Å². The highest BCUT2D eigenvalue weighted by molar-refractivity contribution is 5.65. The molecule has 0 aromatic rings. The number of hydrogen-bond acceptors (Lipinski definition) is 2. The molecule has 2 nitrogen and oxygen atoms in total. The number of rotatable bonds is 11. The van der Waals surface area contributed by atoms with Crippen LogP contribution in [0.1, 0.15) is 65.7 Å². The first-order valence-electron chi connectivity index (χ1n) is 7.63. The number of unbranched alkanes of at least 4 members (excludes halogenated alkanes) is 4. The number of carbonyl (C=O) groups excluding carboxylic acids is 1. The molecule has 0 spiro atoms. The van der Waals surface area contributed by atoms with E-state index in [2.05, 4.69) is 38.2 Å². The normalized spacial score (nSPS) is 13.2. The van der Waals surface area contributed by atoms with Crippen molar-refractivity contribution in [1.82, 2.24) is 0 Å². The van der Waals surface area contributed by atoms with Gasteiger partial charge in [-0.1, -0.05) is 63.8 Å². The van der Waals surface area contributed by atoms with Gasteiger partial charge in [-0.05, 0) is 25.2 Å². The molecule has 2 heteroatoms. The standard InChI is InChI=1S/C17H30O2/c1-4-5-6-10-13-16(2)14-11-8-7-9-12-15-19-17(3)18/h5-6,10,13,16H,4,7-9,11-12,14-15H2,1-3H3/b6-5+,13-10+. The Morgan fingerprint density at radius 2 is 1.79 bits per heavy atom. The van der Waals surface area contributed by atoms with Crippen molar-refractivity contribution in [1.29, 1.82) is 0 Å². The second-order valence-corrected chi connectivity index (χ2v) is 5.10. The van der Waals surface area contributed by atoms with E-state index in [1.54, 1.807) is 0 Å². The van der Waals surface area contributed by atoms with Crippen LogP contribution in [-0.4, -0.2) is 12.6 Å². The number of esters is 1. The van der Waals surface area contributed by atoms with E-state index in [0.29, 0.717) is 12.5 Å². The van der Waals surface area contributed by atoms with Crippen molar-refractivity contribution in [3.8, 4) is 0 Å². The molecule has 0 aliphatic heterocycles. The molecule has 0 aliphatic rings. The molecule has 0 aromatic heterocycles. The maximum Gasteiger partial charge on any atom is 0.302 e. The highest BCUT2D eigenvalue weighted by Crippen LogP contribution is 2.12. The zero-order chi connectivity index (χ0) is 14.3. The van der Waals surface area contributed by atoms with E-state index in [1.807, 2.05) is 0 Å². The molecule has 0 amide bonds. The minimum absolute atomic E-state index is 0.169. The van der Waals surface area contributed by atoms with Gasteiger partial charge in [0.15, 0.2) is 0 Å². The van der Waals surface area contributed by atoms with Gasteiger partial charge in [-0.15, -0.1) is 0 Å². The summed E-state index contributed by atoms with van der Waals surface area (Å²) in [5.41, 5.74) is 0. The highest BCUT2D eigenvalue weighted by Gasteiger charge is 1.97. The second kappa shape index (κ2) is 13.4. The summed E-state index contributed by atoms with van der Waals surface area (Å²) in [6, 6.07) is 0. The predicted molar refractivity (Wildman–Crippen MR) is 82.1 cm³/mol. The number of allylic oxidation sites excluding steroid dienone is 4. The zero-order valence-electron chi connectivity index (χ0n) is 12.9. The van der Waals surface area contributed by atoms with Gasteiger partial charge in [0.2, 0.25) is 0 Å². The molecular weight excluding hydrogens is 236 g/mol. The molecule has 0 rings (SSSR count). The topological polar surface area (TPSA) is 26.3 Å². The summed E-state index contributed by atoms with van der Waals surface area (Å²) < 4.78 is 4.90. The van der Waals surface area contributed by atoms with E-state index in [-0.39, 0.29) is 5.97 Å². The van der Waals surface area contributed by atoms with Crippen molar-refractivity contribution in [3.05, 3.63) is 24.3 Å². The molecular formula is C17H30O2. The smallest absolute Gasteiger partial charge is 0.302 e. The van der Waals surface area contributed by atoms with E-state index in [9.17, 15) is 4.79 Å². The van der Waals surface area contributed by atoms with Crippen LogP contribution in [0.5, 0.6) is 0 Å². The first kappa shape index (κ1) is 17.9. The van der Waals surface area contributed by atoms with Crippen LogP contribution in [0, 0.1) is 5.92 Å². The first-order chi connectivity index (χ1) is 9.16. The van der Waals surface area contributed by atoms with Crippen LogP contribution in [0.3, 0.4) is 0 Å². The van der Waals surface area contributed by atoms with Crippen LogP contribution in [0.2, 0.25) is 0 Å². The fraction of sp³-hybridized carbons (Fsp3) is 0.706. The van der Waals surface area contributed by atoms with Crippen LogP contribution in [0.25, 0.3) is 0 Å². The van der Waals surface area contributed by atoms with Gasteiger partial charge in [0.25, 0.3) is 0 Å². The Morgan fingerprint density at radius 1 is 1.11 bits per heavy atom. The largest absolute Gasteiger partial charge is 0.466 e. The Kier molecular flexibility index (Phi) is 12.6. The van der Waals surface area contributed by atoms with Crippen molar-refractivity contribution >= 4 is 5.97 Å². The number of carbonyl (C=O) groups is 1. The summed E-state index contributed by atoms with van der Waals surface area (Å²) in [5, 5.41) is 0. The molecule has 19 heavy (non-hydrogen) atoms. The average Bonchev–Trinajstić information content (AvgIpc) is 2.37. The van der Waals surface area contributed by atoms with Gasteiger partial charge < -0.3 is 4.74 Å². The molecule has 0 saturated heterocycles. The van der Waals surface area contributed by atoms with Crippen LogP contribution in [0.15, 0.2) is 24.3 Å². The van der Waals surface area contributed by atoms with Gasteiger partial charge in [-0.3, -0.25) is 4.79 Å². The van der Waals surface area contributed by atoms with E-state index in [4.69, 9.17) is 4.74 Å². The Labute approximate surface area is 118 Å². The molecule has 0 aliphatic carbocycles. The number of ether oxygens (including phenoxy) is 1. The summed E-state index contributed by atoms with van der Waals surface area (Å²) in [6.07, 6.45) is 17.1. The Morgan fingerprint density at radius 3 is 2.47 bits per heavy atom. The zero-order valence-corrected chi connectivity index (χ0v) is 12.9.